The molecule has 2 aromatic rings. The zero-order valence-electron chi connectivity index (χ0n) is 10.0. The van der Waals surface area contributed by atoms with E-state index in [2.05, 4.69) is 20.5 Å². The third-order valence-corrected chi connectivity index (χ3v) is 2.34. The van der Waals surface area contributed by atoms with Crippen molar-refractivity contribution in [2.45, 2.75) is 6.42 Å². The fourth-order valence-corrected chi connectivity index (χ4v) is 1.50. The van der Waals surface area contributed by atoms with Crippen molar-refractivity contribution in [3.8, 4) is 0 Å². The smallest absolute Gasteiger partial charge is 0.243 e. The van der Waals surface area contributed by atoms with Crippen molar-refractivity contribution < 1.29 is 9.84 Å². The van der Waals surface area contributed by atoms with Crippen LogP contribution in [0.3, 0.4) is 0 Å². The number of nitrogens with one attached hydrogen (secondary N) is 1. The summed E-state index contributed by atoms with van der Waals surface area (Å²) in [5.41, 5.74) is 1.61. The SMILES string of the molecule is OCCOCCCNc1nnc2ccccc2n1. The summed E-state index contributed by atoms with van der Waals surface area (Å²) < 4.78 is 5.14. The van der Waals surface area contributed by atoms with Crippen LogP contribution in [-0.4, -0.2) is 46.7 Å². The molecule has 2 rings (SSSR count). The Balaban J connectivity index is 1.81. The summed E-state index contributed by atoms with van der Waals surface area (Å²) in [5.74, 6) is 0.524. The van der Waals surface area contributed by atoms with E-state index in [0.29, 0.717) is 25.7 Å². The molecule has 0 saturated carbocycles. The maximum Gasteiger partial charge on any atom is 0.243 e. The number of rotatable bonds is 7. The number of ether oxygens (including phenoxy) is 1. The highest BCUT2D eigenvalue weighted by Gasteiger charge is 1.99. The molecule has 6 heteroatoms. The number of aromatic nitrogens is 3. The summed E-state index contributed by atoms with van der Waals surface area (Å²) >= 11 is 0. The molecule has 1 heterocycles. The minimum atomic E-state index is 0.0606. The Labute approximate surface area is 105 Å². The zero-order chi connectivity index (χ0) is 12.6. The van der Waals surface area contributed by atoms with E-state index in [4.69, 9.17) is 9.84 Å². The van der Waals surface area contributed by atoms with E-state index in [1.807, 2.05) is 24.3 Å². The number of anilines is 1. The number of nitrogens with zero attached hydrogens (tertiary/aromatic N) is 3. The van der Waals surface area contributed by atoms with Crippen LogP contribution in [0.4, 0.5) is 5.95 Å². The predicted octanol–water partition coefficient (Wildman–Crippen LogP) is 0.836. The van der Waals surface area contributed by atoms with E-state index < -0.39 is 0 Å². The van der Waals surface area contributed by atoms with Gasteiger partial charge in [-0.15, -0.1) is 10.2 Å². The standard InChI is InChI=1S/C12H16N4O2/c17-7-9-18-8-3-6-13-12-14-10-4-1-2-5-11(10)15-16-12/h1-2,4-5,17H,3,6-9H2,(H,13,14,16). The molecule has 0 atom stereocenters. The number of para-hydroxylation sites is 1. The van der Waals surface area contributed by atoms with E-state index in [1.54, 1.807) is 0 Å². The fraction of sp³-hybridized carbons (Fsp3) is 0.417. The average molecular weight is 248 g/mol. The molecule has 0 fully saturated rings. The van der Waals surface area contributed by atoms with Crippen LogP contribution in [-0.2, 0) is 4.74 Å². The van der Waals surface area contributed by atoms with Gasteiger partial charge in [-0.3, -0.25) is 0 Å². The van der Waals surface area contributed by atoms with Crippen molar-refractivity contribution in [1.29, 1.82) is 0 Å². The van der Waals surface area contributed by atoms with E-state index in [9.17, 15) is 0 Å². The molecule has 0 spiro atoms. The van der Waals surface area contributed by atoms with E-state index in [-0.39, 0.29) is 6.61 Å². The van der Waals surface area contributed by atoms with Crippen LogP contribution < -0.4 is 5.32 Å². The molecule has 1 aromatic heterocycles. The van der Waals surface area contributed by atoms with E-state index in [0.717, 1.165) is 17.5 Å². The van der Waals surface area contributed by atoms with Gasteiger partial charge in [0.25, 0.3) is 0 Å². The topological polar surface area (TPSA) is 80.2 Å². The van der Waals surface area contributed by atoms with Gasteiger partial charge in [0.05, 0.1) is 18.7 Å². The van der Waals surface area contributed by atoms with Crippen molar-refractivity contribution in [2.75, 3.05) is 31.7 Å². The maximum atomic E-state index is 8.53. The molecule has 2 N–H and O–H groups in total. The first-order chi connectivity index (χ1) is 8.90. The summed E-state index contributed by atoms with van der Waals surface area (Å²) in [6.07, 6.45) is 0.830. The number of hydrogen-bond donors (Lipinski definition) is 2. The lowest BCUT2D eigenvalue weighted by atomic mass is 10.3. The van der Waals surface area contributed by atoms with Crippen LogP contribution in [0.1, 0.15) is 6.42 Å². The Morgan fingerprint density at radius 3 is 2.78 bits per heavy atom. The van der Waals surface area contributed by atoms with Crippen molar-refractivity contribution in [1.82, 2.24) is 15.2 Å². The molecule has 6 nitrogen and oxygen atoms in total. The lowest BCUT2D eigenvalue weighted by Gasteiger charge is -2.05. The van der Waals surface area contributed by atoms with Gasteiger partial charge in [0.15, 0.2) is 0 Å². The van der Waals surface area contributed by atoms with Crippen molar-refractivity contribution in [2.24, 2.45) is 0 Å². The molecule has 0 unspecified atom stereocenters. The Hall–Kier alpha value is -1.79. The first kappa shape index (κ1) is 12.7. The number of hydrogen-bond acceptors (Lipinski definition) is 6. The second-order valence-corrected chi connectivity index (χ2v) is 3.74. The monoisotopic (exact) mass is 248 g/mol. The number of aliphatic hydroxyl groups is 1. The molecule has 0 amide bonds. The van der Waals surface area contributed by atoms with Gasteiger partial charge in [-0.1, -0.05) is 12.1 Å². The lowest BCUT2D eigenvalue weighted by molar-refractivity contribution is 0.0921. The van der Waals surface area contributed by atoms with Gasteiger partial charge >= 0.3 is 0 Å². The molecule has 0 bridgehead atoms. The molecular weight excluding hydrogens is 232 g/mol. The molecule has 0 aliphatic heterocycles. The minimum Gasteiger partial charge on any atom is -0.394 e. The minimum absolute atomic E-state index is 0.0606. The van der Waals surface area contributed by atoms with Crippen molar-refractivity contribution >= 4 is 17.0 Å². The fourth-order valence-electron chi connectivity index (χ4n) is 1.50. The Bertz CT molecular complexity index is 492. The Kier molecular flexibility index (Phi) is 4.80. The maximum absolute atomic E-state index is 8.53. The summed E-state index contributed by atoms with van der Waals surface area (Å²) in [4.78, 5) is 4.34. The number of benzene rings is 1. The largest absolute Gasteiger partial charge is 0.394 e. The summed E-state index contributed by atoms with van der Waals surface area (Å²) in [6, 6.07) is 7.61. The summed E-state index contributed by atoms with van der Waals surface area (Å²) in [6.45, 7) is 1.76. The van der Waals surface area contributed by atoms with Crippen molar-refractivity contribution in [3.63, 3.8) is 0 Å². The first-order valence-corrected chi connectivity index (χ1v) is 5.92. The average Bonchev–Trinajstić information content (AvgIpc) is 2.42. The highest BCUT2D eigenvalue weighted by molar-refractivity contribution is 5.73. The molecule has 1 aromatic carbocycles. The summed E-state index contributed by atoms with van der Waals surface area (Å²) in [5, 5.41) is 19.7. The Morgan fingerprint density at radius 2 is 1.94 bits per heavy atom. The van der Waals surface area contributed by atoms with Crippen LogP contribution in [0.25, 0.3) is 11.0 Å². The molecule has 96 valence electrons. The van der Waals surface area contributed by atoms with Gasteiger partial charge in [-0.25, -0.2) is 4.98 Å². The van der Waals surface area contributed by atoms with Crippen molar-refractivity contribution in [3.05, 3.63) is 24.3 Å². The number of aliphatic hydroxyl groups excluding tert-OH is 1. The van der Waals surface area contributed by atoms with Crippen LogP contribution >= 0.6 is 0 Å². The van der Waals surface area contributed by atoms with Gasteiger partial charge < -0.3 is 15.2 Å². The predicted molar refractivity (Wildman–Crippen MR) is 68.3 cm³/mol. The van der Waals surface area contributed by atoms with Crippen LogP contribution in [0, 0.1) is 0 Å². The molecule has 18 heavy (non-hydrogen) atoms. The second-order valence-electron chi connectivity index (χ2n) is 3.74. The lowest BCUT2D eigenvalue weighted by Crippen LogP contribution is -2.10. The van der Waals surface area contributed by atoms with Crippen LogP contribution in [0.2, 0.25) is 0 Å². The van der Waals surface area contributed by atoms with Crippen LogP contribution in [0.15, 0.2) is 24.3 Å². The van der Waals surface area contributed by atoms with Gasteiger partial charge in [0.2, 0.25) is 5.95 Å². The van der Waals surface area contributed by atoms with Gasteiger partial charge in [-0.2, -0.15) is 0 Å². The van der Waals surface area contributed by atoms with Gasteiger partial charge in [0.1, 0.15) is 5.52 Å². The third-order valence-electron chi connectivity index (χ3n) is 2.34. The van der Waals surface area contributed by atoms with E-state index in [1.165, 1.54) is 0 Å². The second kappa shape index (κ2) is 6.83. The number of fused-ring (bicyclic) bond motifs is 1. The van der Waals surface area contributed by atoms with E-state index >= 15 is 0 Å². The van der Waals surface area contributed by atoms with Gasteiger partial charge in [-0.05, 0) is 18.6 Å². The molecule has 0 radical (unpaired) electrons. The highest BCUT2D eigenvalue weighted by atomic mass is 16.5. The molecule has 0 aliphatic carbocycles. The summed E-state index contributed by atoms with van der Waals surface area (Å²) in [7, 11) is 0. The molecule has 0 aliphatic rings. The quantitative estimate of drug-likeness (QED) is 0.707. The first-order valence-electron chi connectivity index (χ1n) is 5.92. The van der Waals surface area contributed by atoms with Crippen LogP contribution in [0.5, 0.6) is 0 Å². The molecular formula is C12H16N4O2. The molecule has 0 saturated heterocycles. The Morgan fingerprint density at radius 1 is 1.11 bits per heavy atom. The zero-order valence-corrected chi connectivity index (χ0v) is 10.0. The third kappa shape index (κ3) is 3.61. The highest BCUT2D eigenvalue weighted by Crippen LogP contribution is 2.08. The normalized spacial score (nSPS) is 10.7. The van der Waals surface area contributed by atoms with Gasteiger partial charge in [0, 0.05) is 13.2 Å².